The molecule has 26 heteroatoms. The van der Waals surface area contributed by atoms with Crippen LogP contribution in [0.3, 0.4) is 0 Å². The number of rotatable bonds is 9. The molecule has 0 saturated carbocycles. The molecule has 0 saturated heterocycles. The molecule has 7 aromatic heterocycles. The Labute approximate surface area is 374 Å². The summed E-state index contributed by atoms with van der Waals surface area (Å²) in [7, 11) is 0. The molecule has 5 atom stereocenters. The molecule has 65 heavy (non-hydrogen) atoms. The second-order valence-corrected chi connectivity index (χ2v) is 14.1. The summed E-state index contributed by atoms with van der Waals surface area (Å²) >= 11 is 0. The summed E-state index contributed by atoms with van der Waals surface area (Å²) in [5.74, 6) is 3.09. The van der Waals surface area contributed by atoms with E-state index < -0.39 is 18.3 Å². The fraction of sp³-hybridized carbons (Fsp3) is 0.308. The van der Waals surface area contributed by atoms with Gasteiger partial charge in [0, 0.05) is 35.4 Å². The number of allylic oxidation sites excluding steroid dienone is 2. The molecule has 26 nitrogen and oxygen atoms in total. The number of imidazole rings is 7. The Kier molecular flexibility index (Phi) is 19.8. The van der Waals surface area contributed by atoms with Gasteiger partial charge in [-0.3, -0.25) is 0 Å². The molecule has 26 N–H and O–H groups in total. The average molecular weight is 902 g/mol. The summed E-state index contributed by atoms with van der Waals surface area (Å²) in [6.45, 7) is 14.3. The van der Waals surface area contributed by atoms with E-state index in [2.05, 4.69) is 87.0 Å². The van der Waals surface area contributed by atoms with Crippen molar-refractivity contribution in [2.24, 2.45) is 5.73 Å². The Morgan fingerprint density at radius 1 is 0.646 bits per heavy atom. The maximum atomic E-state index is 9.23. The van der Waals surface area contributed by atoms with Gasteiger partial charge in [0.25, 0.3) is 0 Å². The van der Waals surface area contributed by atoms with Crippen LogP contribution in [-0.2, 0) is 0 Å². The van der Waals surface area contributed by atoms with E-state index in [9.17, 15) is 10.2 Å². The van der Waals surface area contributed by atoms with E-state index >= 15 is 0 Å². The summed E-state index contributed by atoms with van der Waals surface area (Å²) in [4.78, 5) is 47.1. The Morgan fingerprint density at radius 3 is 1.46 bits per heavy atom. The highest BCUT2D eigenvalue weighted by molar-refractivity contribution is 5.42. The zero-order valence-corrected chi connectivity index (χ0v) is 37.0. The Balaban J connectivity index is 0.000000210. The molecule has 8 rings (SSSR count). The van der Waals surface area contributed by atoms with Gasteiger partial charge in [-0.2, -0.15) is 0 Å². The molecule has 1 aliphatic rings. The Hall–Kier alpha value is -8.07. The predicted molar refractivity (Wildman–Crippen MR) is 252 cm³/mol. The van der Waals surface area contributed by atoms with E-state index in [-0.39, 0.29) is 24.1 Å². The number of nitrogens with two attached hydrogens (primary N) is 7. The van der Waals surface area contributed by atoms with Crippen LogP contribution < -0.4 is 50.8 Å². The first-order chi connectivity index (χ1) is 30.8. The van der Waals surface area contributed by atoms with Gasteiger partial charge < -0.3 is 101 Å². The third-order valence-corrected chi connectivity index (χ3v) is 8.72. The van der Waals surface area contributed by atoms with E-state index in [0.29, 0.717) is 46.8 Å². The molecule has 1 aliphatic heterocycles. The van der Waals surface area contributed by atoms with Gasteiger partial charge in [0.1, 0.15) is 0 Å². The number of nitrogen functional groups attached to an aromatic ring is 6. The molecule has 0 spiro atoms. The summed E-state index contributed by atoms with van der Waals surface area (Å²) < 4.78 is 0. The largest absolute Gasteiger partial charge is 0.387 e. The first kappa shape index (κ1) is 51.3. The molecular formula is C39H63N23O3. The van der Waals surface area contributed by atoms with E-state index in [1.54, 1.807) is 64.0 Å². The predicted octanol–water partition coefficient (Wildman–Crippen LogP) is 2.45. The standard InChI is InChI=1S/2C8H12N6.C7H13N3O2.C6H10N2.C5H9N3O.C5H7N3/c1-4(5-2-11-7(9)13-5)6-3-12-8(10)14-6;1-5(6-4-12-7(9)14-6)13-8-10-2-3-11-8;1-3(11)5-6(4(2)12)10-7(8)9-5;1-2-5-3-4-6(7)8-5;1-3(9)4-2-7-5(6)8-4;1-2-4-3-7-5(6)8-4/h2-4H,1H3,(H3,9,11,13)(H3,10,12,14);2-5H,1H3,(H3,9,12,14)(H2,10,11,13);3-4,11-12H,1-2H3,(H3,8,9,10);2-4,6,8H,7H2,1H3;2-3,9H,1H3,(H3,6,7,8);2-3H,1H2,(H3,6,7,8)/b;;;5-2-;;. The van der Waals surface area contributed by atoms with E-state index in [0.717, 1.165) is 34.4 Å². The number of nitrogens with zero attached hydrogens (tertiary/aromatic N) is 7. The van der Waals surface area contributed by atoms with E-state index in [4.69, 9.17) is 45.2 Å². The minimum atomic E-state index is -0.719. The average Bonchev–Trinajstić information content (AvgIpc) is 4.11. The molecule has 0 radical (unpaired) electrons. The van der Waals surface area contributed by atoms with Gasteiger partial charge in [0.05, 0.1) is 90.0 Å². The van der Waals surface area contributed by atoms with Gasteiger partial charge in [-0.05, 0) is 52.8 Å². The number of aromatic nitrogens is 14. The maximum Gasteiger partial charge on any atom is 0.200 e. The van der Waals surface area contributed by atoms with Gasteiger partial charge >= 0.3 is 0 Å². The van der Waals surface area contributed by atoms with Crippen molar-refractivity contribution < 1.29 is 15.3 Å². The minimum Gasteiger partial charge on any atom is -0.387 e. The van der Waals surface area contributed by atoms with Crippen molar-refractivity contribution in [2.75, 3.05) is 39.7 Å². The van der Waals surface area contributed by atoms with Crippen molar-refractivity contribution in [2.45, 2.75) is 78.0 Å². The normalized spacial score (nSPS) is 14.9. The molecular weight excluding hydrogens is 839 g/mol. The topological polar surface area (TPSA) is 468 Å². The monoisotopic (exact) mass is 902 g/mol. The fourth-order valence-electron chi connectivity index (χ4n) is 5.26. The number of aliphatic hydroxyl groups is 3. The van der Waals surface area contributed by atoms with Crippen LogP contribution >= 0.6 is 0 Å². The molecule has 0 bridgehead atoms. The number of aromatic amines is 7. The first-order valence-corrected chi connectivity index (χ1v) is 20.0. The molecule has 0 aliphatic carbocycles. The number of H-pyrrole nitrogens is 7. The Bertz CT molecular complexity index is 2400. The summed E-state index contributed by atoms with van der Waals surface area (Å²) in [6.07, 6.45) is 17.4. The second-order valence-electron chi connectivity index (χ2n) is 14.1. The van der Waals surface area contributed by atoms with Crippen molar-refractivity contribution in [1.82, 2.24) is 75.1 Å². The third-order valence-electron chi connectivity index (χ3n) is 8.72. The third kappa shape index (κ3) is 17.3. The second kappa shape index (κ2) is 25.1. The van der Waals surface area contributed by atoms with Crippen LogP contribution in [0.15, 0.2) is 73.9 Å². The molecule has 0 amide bonds. The van der Waals surface area contributed by atoms with Gasteiger partial charge in [-0.1, -0.05) is 19.6 Å². The minimum absolute atomic E-state index is 0.0289. The first-order valence-electron chi connectivity index (χ1n) is 20.0. The zero-order valence-electron chi connectivity index (χ0n) is 37.0. The molecule has 0 aromatic carbocycles. The van der Waals surface area contributed by atoms with Crippen molar-refractivity contribution in [3.05, 3.63) is 114 Å². The lowest BCUT2D eigenvalue weighted by Crippen LogP contribution is -2.29. The molecule has 5 unspecified atom stereocenters. The van der Waals surface area contributed by atoms with E-state index in [1.807, 2.05) is 39.0 Å². The van der Waals surface area contributed by atoms with Crippen LogP contribution in [-0.4, -0.2) is 91.3 Å². The van der Waals surface area contributed by atoms with Crippen molar-refractivity contribution >= 4 is 47.7 Å². The number of hydrogen-bond donors (Lipinski definition) is 19. The van der Waals surface area contributed by atoms with Crippen LogP contribution in [0.2, 0.25) is 0 Å². The maximum absolute atomic E-state index is 9.23. The van der Waals surface area contributed by atoms with Gasteiger partial charge in [0.15, 0.2) is 35.7 Å². The van der Waals surface area contributed by atoms with Crippen LogP contribution in [0, 0.1) is 0 Å². The molecule has 8 heterocycles. The number of aliphatic hydroxyl groups excluding tert-OH is 3. The zero-order chi connectivity index (χ0) is 48.2. The highest BCUT2D eigenvalue weighted by atomic mass is 16.3. The van der Waals surface area contributed by atoms with Gasteiger partial charge in [-0.15, -0.1) is 0 Å². The van der Waals surface area contributed by atoms with Crippen LogP contribution in [0.25, 0.3) is 6.08 Å². The van der Waals surface area contributed by atoms with Gasteiger partial charge in [-0.25, -0.2) is 34.9 Å². The van der Waals surface area contributed by atoms with Crippen LogP contribution in [0.1, 0.15) is 112 Å². The summed E-state index contributed by atoms with van der Waals surface area (Å²) in [6, 6.07) is 0.0888. The van der Waals surface area contributed by atoms with Crippen LogP contribution in [0.5, 0.6) is 0 Å². The number of nitrogens with one attached hydrogen (secondary N) is 9. The lowest BCUT2D eigenvalue weighted by molar-refractivity contribution is 0.170. The summed E-state index contributed by atoms with van der Waals surface area (Å²) in [5.41, 5.74) is 44.0. The lowest BCUT2D eigenvalue weighted by Gasteiger charge is -2.10. The lowest BCUT2D eigenvalue weighted by atomic mass is 10.1. The van der Waals surface area contributed by atoms with Crippen LogP contribution in [0.4, 0.5) is 41.6 Å². The number of anilines is 7. The summed E-state index contributed by atoms with van der Waals surface area (Å²) in [5, 5.41) is 33.5. The molecule has 352 valence electrons. The molecule has 0 fully saturated rings. The smallest absolute Gasteiger partial charge is 0.200 e. The van der Waals surface area contributed by atoms with E-state index in [1.165, 1.54) is 6.20 Å². The fourth-order valence-corrected chi connectivity index (χ4v) is 5.26. The highest BCUT2D eigenvalue weighted by Gasteiger charge is 2.17. The van der Waals surface area contributed by atoms with Gasteiger partial charge in [0.2, 0.25) is 5.95 Å². The highest BCUT2D eigenvalue weighted by Crippen LogP contribution is 2.23. The van der Waals surface area contributed by atoms with Crippen molar-refractivity contribution in [1.29, 1.82) is 0 Å². The Morgan fingerprint density at radius 2 is 1.15 bits per heavy atom. The number of hydrogen-bond acceptors (Lipinski definition) is 19. The SMILES string of the molecule is C/C=C1/C=CC(N)N1.C=Cc1cnc(N)[nH]1.CC(Nc1ncc[nH]1)c1cnc(N)[nH]1.CC(O)c1cnc(N)[nH]1.CC(O)c1nc(N)[nH]c1C(C)O.CC(c1cnc(N)[nH]1)c1cnc(N)[nH]1. The van der Waals surface area contributed by atoms with Crippen molar-refractivity contribution in [3.63, 3.8) is 0 Å². The quantitative estimate of drug-likeness (QED) is 0.0989. The van der Waals surface area contributed by atoms with Crippen molar-refractivity contribution in [3.8, 4) is 0 Å². The molecule has 7 aromatic rings.